The maximum absolute atomic E-state index is 8.97. The first-order chi connectivity index (χ1) is 12.7. The van der Waals surface area contributed by atoms with Crippen LogP contribution in [0.5, 0.6) is 0 Å². The molecule has 0 bridgehead atoms. The number of fused-ring (bicyclic) bond motifs is 1. The Morgan fingerprint density at radius 3 is 2.81 bits per heavy atom. The first kappa shape index (κ1) is 20.8. The molecule has 3 aromatic rings. The monoisotopic (exact) mass is 473 g/mol. The van der Waals surface area contributed by atoms with Gasteiger partial charge in [-0.1, -0.05) is 24.3 Å². The van der Waals surface area contributed by atoms with Gasteiger partial charge in [0.05, 0.1) is 11.6 Å². The van der Waals surface area contributed by atoms with Crippen LogP contribution in [0.4, 0.5) is 0 Å². The first-order valence-electron chi connectivity index (χ1n) is 8.70. The van der Waals surface area contributed by atoms with Crippen LogP contribution in [0.15, 0.2) is 53.7 Å². The molecule has 0 spiro atoms. The minimum absolute atomic E-state index is 0. The molecule has 140 valence electrons. The van der Waals surface area contributed by atoms with Crippen LogP contribution in [-0.2, 0) is 13.0 Å². The molecule has 3 N–H and O–H groups in total. The molecular formula is C21H24IN5. The van der Waals surface area contributed by atoms with Gasteiger partial charge in [-0.05, 0) is 48.2 Å². The second-order valence-electron chi connectivity index (χ2n) is 6.28. The van der Waals surface area contributed by atoms with Crippen LogP contribution >= 0.6 is 24.0 Å². The number of aromatic amines is 1. The highest BCUT2D eigenvalue weighted by Crippen LogP contribution is 2.19. The molecule has 27 heavy (non-hydrogen) atoms. The van der Waals surface area contributed by atoms with E-state index in [1.54, 1.807) is 13.1 Å². The van der Waals surface area contributed by atoms with E-state index < -0.39 is 0 Å². The topological polar surface area (TPSA) is 76.0 Å². The maximum Gasteiger partial charge on any atom is 0.191 e. The van der Waals surface area contributed by atoms with Crippen LogP contribution in [-0.4, -0.2) is 24.5 Å². The van der Waals surface area contributed by atoms with E-state index in [-0.39, 0.29) is 24.0 Å². The van der Waals surface area contributed by atoms with Crippen molar-refractivity contribution in [3.05, 3.63) is 70.9 Å². The molecule has 1 aromatic heterocycles. The van der Waals surface area contributed by atoms with E-state index in [0.717, 1.165) is 24.5 Å². The summed E-state index contributed by atoms with van der Waals surface area (Å²) in [5.74, 6) is 0.753. The van der Waals surface area contributed by atoms with Crippen LogP contribution in [0, 0.1) is 18.3 Å². The molecule has 5 nitrogen and oxygen atoms in total. The van der Waals surface area contributed by atoms with E-state index in [1.807, 2.05) is 18.2 Å². The number of nitrogens with zero attached hydrogens (tertiary/aromatic N) is 2. The number of hydrogen-bond donors (Lipinski definition) is 3. The molecule has 0 atom stereocenters. The zero-order valence-electron chi connectivity index (χ0n) is 15.5. The summed E-state index contributed by atoms with van der Waals surface area (Å²) in [4.78, 5) is 7.60. The van der Waals surface area contributed by atoms with E-state index in [1.165, 1.54) is 22.0 Å². The summed E-state index contributed by atoms with van der Waals surface area (Å²) in [6.07, 6.45) is 2.99. The largest absolute Gasteiger partial charge is 0.361 e. The number of H-pyrrole nitrogens is 1. The molecule has 0 saturated carbocycles. The Kier molecular flexibility index (Phi) is 7.67. The van der Waals surface area contributed by atoms with Crippen LogP contribution in [0.3, 0.4) is 0 Å². The van der Waals surface area contributed by atoms with E-state index in [2.05, 4.69) is 58.0 Å². The van der Waals surface area contributed by atoms with Crippen molar-refractivity contribution in [1.29, 1.82) is 5.26 Å². The van der Waals surface area contributed by atoms with Crippen molar-refractivity contribution < 1.29 is 0 Å². The third-order valence-corrected chi connectivity index (χ3v) is 4.35. The number of aryl methyl sites for hydroxylation is 1. The van der Waals surface area contributed by atoms with Crippen molar-refractivity contribution in [3.8, 4) is 6.07 Å². The highest BCUT2D eigenvalue weighted by Gasteiger charge is 2.04. The number of guanidine groups is 1. The smallest absolute Gasteiger partial charge is 0.191 e. The Balaban J connectivity index is 0.00000261. The van der Waals surface area contributed by atoms with Gasteiger partial charge in [0.1, 0.15) is 0 Å². The lowest BCUT2D eigenvalue weighted by Gasteiger charge is -2.12. The van der Waals surface area contributed by atoms with Gasteiger partial charge in [0.2, 0.25) is 0 Å². The van der Waals surface area contributed by atoms with Crippen molar-refractivity contribution in [3.63, 3.8) is 0 Å². The van der Waals surface area contributed by atoms with Crippen molar-refractivity contribution in [2.45, 2.75) is 19.9 Å². The predicted molar refractivity (Wildman–Crippen MR) is 122 cm³/mol. The standard InChI is InChI=1S/C21H23N5.HI/c1-15-6-7-19-18(14-25-20(19)10-15)8-9-24-21(23-2)26-13-17-5-3-4-16(11-17)12-22;/h3-7,10-11,14,25H,8-9,13H2,1-2H3,(H2,23,24,26);1H. The SMILES string of the molecule is CN=C(NCCc1c[nH]c2cc(C)ccc12)NCc1cccc(C#N)c1.I. The van der Waals surface area contributed by atoms with Gasteiger partial charge >= 0.3 is 0 Å². The Labute approximate surface area is 176 Å². The van der Waals surface area contributed by atoms with Crippen LogP contribution < -0.4 is 10.6 Å². The number of benzene rings is 2. The minimum Gasteiger partial charge on any atom is -0.361 e. The molecular weight excluding hydrogens is 449 g/mol. The van der Waals surface area contributed by atoms with Crippen molar-refractivity contribution in [2.24, 2.45) is 4.99 Å². The Morgan fingerprint density at radius 1 is 1.19 bits per heavy atom. The van der Waals surface area contributed by atoms with Gasteiger partial charge < -0.3 is 15.6 Å². The van der Waals surface area contributed by atoms with Crippen molar-refractivity contribution in [2.75, 3.05) is 13.6 Å². The fourth-order valence-electron chi connectivity index (χ4n) is 2.98. The Hall–Kier alpha value is -2.53. The molecule has 0 aliphatic carbocycles. The molecule has 1 heterocycles. The number of nitrogens with one attached hydrogen (secondary N) is 3. The minimum atomic E-state index is 0. The number of nitriles is 1. The molecule has 6 heteroatoms. The highest BCUT2D eigenvalue weighted by molar-refractivity contribution is 14.0. The second-order valence-corrected chi connectivity index (χ2v) is 6.28. The molecule has 0 radical (unpaired) electrons. The van der Waals surface area contributed by atoms with Gasteiger partial charge in [0.25, 0.3) is 0 Å². The molecule has 0 aliphatic heterocycles. The fraction of sp³-hybridized carbons (Fsp3) is 0.238. The maximum atomic E-state index is 8.97. The Morgan fingerprint density at radius 2 is 2.04 bits per heavy atom. The molecule has 0 aliphatic rings. The number of hydrogen-bond acceptors (Lipinski definition) is 2. The van der Waals surface area contributed by atoms with E-state index in [0.29, 0.717) is 12.1 Å². The summed E-state index contributed by atoms with van der Waals surface area (Å²) in [6, 6.07) is 16.2. The fourth-order valence-corrected chi connectivity index (χ4v) is 2.98. The lowest BCUT2D eigenvalue weighted by molar-refractivity contribution is 0.796. The summed E-state index contributed by atoms with van der Waals surface area (Å²) < 4.78 is 0. The van der Waals surface area contributed by atoms with Crippen LogP contribution in [0.2, 0.25) is 0 Å². The van der Waals surface area contributed by atoms with Crippen LogP contribution in [0.25, 0.3) is 10.9 Å². The van der Waals surface area contributed by atoms with Gasteiger partial charge in [0, 0.05) is 37.2 Å². The number of halogens is 1. The normalized spacial score (nSPS) is 10.9. The molecule has 0 amide bonds. The highest BCUT2D eigenvalue weighted by atomic mass is 127. The molecule has 2 aromatic carbocycles. The summed E-state index contributed by atoms with van der Waals surface area (Å²) in [5.41, 5.74) is 5.46. The van der Waals surface area contributed by atoms with E-state index in [9.17, 15) is 0 Å². The zero-order chi connectivity index (χ0) is 18.4. The van der Waals surface area contributed by atoms with Gasteiger partial charge in [-0.3, -0.25) is 4.99 Å². The average molecular weight is 473 g/mol. The molecule has 0 fully saturated rings. The van der Waals surface area contributed by atoms with Crippen molar-refractivity contribution in [1.82, 2.24) is 15.6 Å². The molecule has 0 unspecified atom stereocenters. The van der Waals surface area contributed by atoms with Gasteiger partial charge in [-0.15, -0.1) is 24.0 Å². The van der Waals surface area contributed by atoms with Crippen LogP contribution in [0.1, 0.15) is 22.3 Å². The van der Waals surface area contributed by atoms with E-state index >= 15 is 0 Å². The predicted octanol–water partition coefficient (Wildman–Crippen LogP) is 3.87. The molecule has 3 rings (SSSR count). The second kappa shape index (κ2) is 9.97. The summed E-state index contributed by atoms with van der Waals surface area (Å²) >= 11 is 0. The van der Waals surface area contributed by atoms with Gasteiger partial charge in [-0.25, -0.2) is 0 Å². The van der Waals surface area contributed by atoms with Gasteiger partial charge in [-0.2, -0.15) is 5.26 Å². The zero-order valence-corrected chi connectivity index (χ0v) is 17.9. The third kappa shape index (κ3) is 5.47. The van der Waals surface area contributed by atoms with E-state index in [4.69, 9.17) is 5.26 Å². The number of aliphatic imine (C=N–C) groups is 1. The lowest BCUT2D eigenvalue weighted by Crippen LogP contribution is -2.37. The quantitative estimate of drug-likeness (QED) is 0.299. The average Bonchev–Trinajstić information content (AvgIpc) is 3.06. The summed E-state index contributed by atoms with van der Waals surface area (Å²) in [6.45, 7) is 3.52. The molecule has 0 saturated heterocycles. The van der Waals surface area contributed by atoms with Gasteiger partial charge in [0.15, 0.2) is 5.96 Å². The third-order valence-electron chi connectivity index (χ3n) is 4.35. The lowest BCUT2D eigenvalue weighted by atomic mass is 10.1. The Bertz CT molecular complexity index is 968. The number of aromatic nitrogens is 1. The summed E-state index contributed by atoms with van der Waals surface area (Å²) in [5, 5.41) is 16.9. The number of rotatable bonds is 5. The summed E-state index contributed by atoms with van der Waals surface area (Å²) in [7, 11) is 1.76. The van der Waals surface area contributed by atoms with Crippen molar-refractivity contribution >= 4 is 40.8 Å². The first-order valence-corrected chi connectivity index (χ1v) is 8.70.